The monoisotopic (exact) mass is 236 g/mol. The van der Waals surface area contributed by atoms with E-state index >= 15 is 0 Å². The van der Waals surface area contributed by atoms with Crippen molar-refractivity contribution < 1.29 is 0 Å². The van der Waals surface area contributed by atoms with Gasteiger partial charge in [-0.15, -0.1) is 0 Å². The van der Waals surface area contributed by atoms with Gasteiger partial charge in [-0.05, 0) is 25.1 Å². The highest BCUT2D eigenvalue weighted by molar-refractivity contribution is 6.40. The largest absolute Gasteiger partial charge is 0.251 e. The van der Waals surface area contributed by atoms with Crippen LogP contribution in [-0.4, -0.2) is 4.98 Å². The van der Waals surface area contributed by atoms with Crippen molar-refractivity contribution in [1.29, 1.82) is 5.26 Å². The first-order chi connectivity index (χ1) is 7.13. The van der Waals surface area contributed by atoms with Crippen LogP contribution in [0.2, 0.25) is 10.0 Å². The topological polar surface area (TPSA) is 36.7 Å². The molecule has 74 valence electrons. The van der Waals surface area contributed by atoms with Gasteiger partial charge in [0.2, 0.25) is 0 Å². The Morgan fingerprint density at radius 2 is 1.93 bits per heavy atom. The summed E-state index contributed by atoms with van der Waals surface area (Å²) in [7, 11) is 0. The molecule has 2 nitrogen and oxygen atoms in total. The maximum atomic E-state index is 9.00. The van der Waals surface area contributed by atoms with Crippen LogP contribution in [0.1, 0.15) is 11.3 Å². The zero-order valence-electron chi connectivity index (χ0n) is 7.88. The van der Waals surface area contributed by atoms with E-state index in [1.165, 1.54) is 0 Å². The van der Waals surface area contributed by atoms with Crippen LogP contribution in [0.25, 0.3) is 10.9 Å². The summed E-state index contributed by atoms with van der Waals surface area (Å²) in [4.78, 5) is 4.28. The molecular formula is C11H6Cl2N2. The second kappa shape index (κ2) is 3.69. The summed E-state index contributed by atoms with van der Waals surface area (Å²) in [6.45, 7) is 1.82. The Morgan fingerprint density at radius 1 is 1.27 bits per heavy atom. The van der Waals surface area contributed by atoms with Crippen LogP contribution in [0, 0.1) is 18.3 Å². The first-order valence-corrected chi connectivity index (χ1v) is 5.04. The van der Waals surface area contributed by atoms with Crippen molar-refractivity contribution in [2.45, 2.75) is 6.92 Å². The van der Waals surface area contributed by atoms with Gasteiger partial charge >= 0.3 is 0 Å². The molecule has 0 N–H and O–H groups in total. The highest BCUT2D eigenvalue weighted by atomic mass is 35.5. The van der Waals surface area contributed by atoms with Gasteiger partial charge in [-0.3, -0.25) is 4.98 Å². The predicted molar refractivity (Wildman–Crippen MR) is 61.2 cm³/mol. The van der Waals surface area contributed by atoms with Crippen LogP contribution in [-0.2, 0) is 0 Å². The number of fused-ring (bicyclic) bond motifs is 1. The minimum absolute atomic E-state index is 0.499. The van der Waals surface area contributed by atoms with E-state index in [-0.39, 0.29) is 0 Å². The predicted octanol–water partition coefficient (Wildman–Crippen LogP) is 3.72. The zero-order valence-corrected chi connectivity index (χ0v) is 9.39. The van der Waals surface area contributed by atoms with Gasteiger partial charge in [0, 0.05) is 11.1 Å². The van der Waals surface area contributed by atoms with E-state index in [0.29, 0.717) is 26.5 Å². The number of aromatic nitrogens is 1. The second-order valence-corrected chi connectivity index (χ2v) is 3.99. The Morgan fingerprint density at radius 3 is 2.60 bits per heavy atom. The highest BCUT2D eigenvalue weighted by Crippen LogP contribution is 2.31. The lowest BCUT2D eigenvalue weighted by Crippen LogP contribution is -1.89. The average Bonchev–Trinajstić information content (AvgIpc) is 2.22. The Bertz CT molecular complexity index is 585. The third kappa shape index (κ3) is 1.65. The fourth-order valence-corrected chi connectivity index (χ4v) is 1.94. The van der Waals surface area contributed by atoms with Crippen LogP contribution in [0.5, 0.6) is 0 Å². The van der Waals surface area contributed by atoms with Gasteiger partial charge in [-0.1, -0.05) is 23.2 Å². The molecule has 4 heteroatoms. The van der Waals surface area contributed by atoms with Gasteiger partial charge in [0.25, 0.3) is 0 Å². The van der Waals surface area contributed by atoms with Crippen LogP contribution in [0.3, 0.4) is 0 Å². The lowest BCUT2D eigenvalue weighted by molar-refractivity contribution is 1.25. The number of pyridine rings is 1. The summed E-state index contributed by atoms with van der Waals surface area (Å²) in [5.41, 5.74) is 1.84. The van der Waals surface area contributed by atoms with E-state index in [0.717, 1.165) is 5.69 Å². The summed E-state index contributed by atoms with van der Waals surface area (Å²) in [6, 6.07) is 7.15. The van der Waals surface area contributed by atoms with Gasteiger partial charge in [0.05, 0.1) is 27.2 Å². The van der Waals surface area contributed by atoms with E-state index < -0.39 is 0 Å². The number of hydrogen-bond donors (Lipinski definition) is 0. The quantitative estimate of drug-likeness (QED) is 0.700. The first-order valence-electron chi connectivity index (χ1n) is 4.29. The molecule has 0 aliphatic rings. The molecule has 0 unspecified atom stereocenters. The third-order valence-corrected chi connectivity index (χ3v) is 2.73. The SMILES string of the molecule is Cc1cc(C#N)c2c(Cl)ccc(Cl)c2n1. The number of nitrogens with zero attached hydrogens (tertiary/aromatic N) is 2. The smallest absolute Gasteiger partial charge is 0.1000 e. The molecule has 0 saturated carbocycles. The molecule has 0 aliphatic carbocycles. The van der Waals surface area contributed by atoms with Crippen molar-refractivity contribution in [1.82, 2.24) is 4.98 Å². The zero-order chi connectivity index (χ0) is 11.0. The minimum Gasteiger partial charge on any atom is -0.251 e. The van der Waals surface area contributed by atoms with Crippen molar-refractivity contribution in [2.75, 3.05) is 0 Å². The van der Waals surface area contributed by atoms with E-state index in [2.05, 4.69) is 11.1 Å². The second-order valence-electron chi connectivity index (χ2n) is 3.18. The third-order valence-electron chi connectivity index (χ3n) is 2.11. The molecule has 0 atom stereocenters. The van der Waals surface area contributed by atoms with Crippen molar-refractivity contribution in [3.63, 3.8) is 0 Å². The molecule has 0 amide bonds. The summed E-state index contributed by atoms with van der Waals surface area (Å²) in [6.07, 6.45) is 0. The maximum Gasteiger partial charge on any atom is 0.1000 e. The van der Waals surface area contributed by atoms with Crippen molar-refractivity contribution in [2.24, 2.45) is 0 Å². The summed E-state index contributed by atoms with van der Waals surface area (Å²) >= 11 is 12.0. The first kappa shape index (κ1) is 10.2. The molecule has 0 spiro atoms. The molecular weight excluding hydrogens is 231 g/mol. The Kier molecular flexibility index (Phi) is 2.52. The fraction of sp³-hybridized carbons (Fsp3) is 0.0909. The van der Waals surface area contributed by atoms with E-state index in [9.17, 15) is 0 Å². The normalized spacial score (nSPS) is 10.3. The van der Waals surface area contributed by atoms with Gasteiger partial charge in [-0.2, -0.15) is 5.26 Å². The average molecular weight is 237 g/mol. The maximum absolute atomic E-state index is 9.00. The van der Waals surface area contributed by atoms with Crippen molar-refractivity contribution in [3.05, 3.63) is 39.5 Å². The number of aryl methyl sites for hydroxylation is 1. The van der Waals surface area contributed by atoms with Crippen LogP contribution in [0.4, 0.5) is 0 Å². The van der Waals surface area contributed by atoms with Crippen molar-refractivity contribution in [3.8, 4) is 6.07 Å². The Hall–Kier alpha value is -1.30. The molecule has 0 saturated heterocycles. The molecule has 0 fully saturated rings. The van der Waals surface area contributed by atoms with E-state index in [1.54, 1.807) is 18.2 Å². The molecule has 2 rings (SSSR count). The Labute approximate surface area is 97.1 Å². The number of benzene rings is 1. The van der Waals surface area contributed by atoms with E-state index in [1.807, 2.05) is 6.92 Å². The lowest BCUT2D eigenvalue weighted by atomic mass is 10.1. The molecule has 15 heavy (non-hydrogen) atoms. The highest BCUT2D eigenvalue weighted by Gasteiger charge is 2.10. The summed E-state index contributed by atoms with van der Waals surface area (Å²) in [5.74, 6) is 0. The van der Waals surface area contributed by atoms with Gasteiger partial charge in [-0.25, -0.2) is 0 Å². The van der Waals surface area contributed by atoms with E-state index in [4.69, 9.17) is 28.5 Å². The number of halogens is 2. The number of nitriles is 1. The Balaban J connectivity index is 3.03. The molecule has 1 heterocycles. The standard InChI is InChI=1S/C11H6Cl2N2/c1-6-4-7(5-14)10-8(12)2-3-9(13)11(10)15-6/h2-4H,1H3. The molecule has 0 radical (unpaired) electrons. The summed E-state index contributed by atoms with van der Waals surface area (Å²) < 4.78 is 0. The fourth-order valence-electron chi connectivity index (χ4n) is 1.48. The molecule has 1 aromatic heterocycles. The van der Waals surface area contributed by atoms with Crippen molar-refractivity contribution >= 4 is 34.1 Å². The van der Waals surface area contributed by atoms with Gasteiger partial charge in [0.15, 0.2) is 0 Å². The van der Waals surface area contributed by atoms with Crippen LogP contribution >= 0.6 is 23.2 Å². The number of rotatable bonds is 0. The lowest BCUT2D eigenvalue weighted by Gasteiger charge is -2.05. The minimum atomic E-state index is 0.499. The number of hydrogen-bond acceptors (Lipinski definition) is 2. The molecule has 0 bridgehead atoms. The van der Waals surface area contributed by atoms with Gasteiger partial charge < -0.3 is 0 Å². The molecule has 2 aromatic rings. The summed E-state index contributed by atoms with van der Waals surface area (Å²) in [5, 5.41) is 10.6. The van der Waals surface area contributed by atoms with Crippen LogP contribution in [0.15, 0.2) is 18.2 Å². The van der Waals surface area contributed by atoms with Gasteiger partial charge in [0.1, 0.15) is 0 Å². The molecule has 0 aliphatic heterocycles. The van der Waals surface area contributed by atoms with Crippen LogP contribution < -0.4 is 0 Å². The molecule has 1 aromatic carbocycles.